The lowest BCUT2D eigenvalue weighted by atomic mass is 10.0. The number of hydrogen-bond acceptors (Lipinski definition) is 6. The summed E-state index contributed by atoms with van der Waals surface area (Å²) < 4.78 is 16.7. The molecule has 1 aromatic rings. The van der Waals surface area contributed by atoms with Crippen LogP contribution in [0.5, 0.6) is 5.75 Å². The lowest BCUT2D eigenvalue weighted by Gasteiger charge is -2.36. The third kappa shape index (κ3) is 6.70. The van der Waals surface area contributed by atoms with E-state index in [1.54, 1.807) is 37.3 Å². The van der Waals surface area contributed by atoms with Crippen LogP contribution in [0.15, 0.2) is 18.2 Å². The first-order valence-electron chi connectivity index (χ1n) is 11.9. The number of methoxy groups -OCH3 is 2. The van der Waals surface area contributed by atoms with Crippen LogP contribution < -0.4 is 10.1 Å². The highest BCUT2D eigenvalue weighted by Gasteiger charge is 2.33. The molecule has 9 heteroatoms. The molecule has 1 N–H and O–H groups in total. The van der Waals surface area contributed by atoms with Crippen LogP contribution in [-0.4, -0.2) is 87.2 Å². The van der Waals surface area contributed by atoms with Gasteiger partial charge in [0, 0.05) is 58.4 Å². The minimum Gasteiger partial charge on any atom is -0.491 e. The molecule has 0 unspecified atom stereocenters. The Bertz CT molecular complexity index is 887. The number of likely N-dealkylation sites (N-methyl/N-ethyl adjacent to an activating group) is 1. The van der Waals surface area contributed by atoms with Crippen molar-refractivity contribution in [3.8, 4) is 5.75 Å². The minimum atomic E-state index is -0.304. The lowest BCUT2D eigenvalue weighted by Crippen LogP contribution is -2.48. The number of anilines is 1. The van der Waals surface area contributed by atoms with E-state index in [1.807, 2.05) is 18.7 Å². The maximum absolute atomic E-state index is 13.3. The van der Waals surface area contributed by atoms with Crippen molar-refractivity contribution in [3.05, 3.63) is 23.8 Å². The number of carbonyl (C=O) groups excluding carboxylic acids is 3. The Labute approximate surface area is 201 Å². The molecule has 1 aromatic carbocycles. The molecule has 1 saturated carbocycles. The highest BCUT2D eigenvalue weighted by Crippen LogP contribution is 2.33. The summed E-state index contributed by atoms with van der Waals surface area (Å²) in [5.74, 6) is 0.496. The van der Waals surface area contributed by atoms with Crippen molar-refractivity contribution in [1.29, 1.82) is 0 Å². The van der Waals surface area contributed by atoms with E-state index < -0.39 is 0 Å². The maximum Gasteiger partial charge on any atom is 0.257 e. The molecular weight excluding hydrogens is 438 g/mol. The van der Waals surface area contributed by atoms with Crippen LogP contribution in [0.3, 0.4) is 0 Å². The van der Waals surface area contributed by atoms with E-state index >= 15 is 0 Å². The Hall–Kier alpha value is -2.65. The predicted octanol–water partition coefficient (Wildman–Crippen LogP) is 2.40. The van der Waals surface area contributed by atoms with Gasteiger partial charge in [0.15, 0.2) is 0 Å². The average molecular weight is 476 g/mol. The van der Waals surface area contributed by atoms with Gasteiger partial charge in [-0.3, -0.25) is 14.4 Å². The molecule has 0 radical (unpaired) electrons. The van der Waals surface area contributed by atoms with Gasteiger partial charge in [0.05, 0.1) is 17.7 Å². The Morgan fingerprint density at radius 3 is 2.56 bits per heavy atom. The zero-order chi connectivity index (χ0) is 24.8. The molecule has 3 rings (SSSR count). The number of nitrogens with zero attached hydrogens (tertiary/aromatic N) is 2. The number of nitrogens with one attached hydrogen (secondary N) is 1. The lowest BCUT2D eigenvalue weighted by molar-refractivity contribution is -0.135. The smallest absolute Gasteiger partial charge is 0.257 e. The number of amides is 3. The highest BCUT2D eigenvalue weighted by molar-refractivity contribution is 5.98. The SMILES string of the molecule is COCC(=O)Nc1ccc2c(c1)OC[C@H](C)N(C(=O)CC1CC1)C[C@@H](C)[C@H](OC)CN(C)C2=O. The molecule has 1 aliphatic carbocycles. The number of carbonyl (C=O) groups is 3. The second-order valence-electron chi connectivity index (χ2n) is 9.48. The van der Waals surface area contributed by atoms with Gasteiger partial charge in [-0.1, -0.05) is 6.92 Å². The fraction of sp³-hybridized carbons (Fsp3) is 0.640. The van der Waals surface area contributed by atoms with E-state index in [0.717, 1.165) is 12.8 Å². The third-order valence-electron chi connectivity index (χ3n) is 6.49. The molecule has 2 aliphatic rings. The van der Waals surface area contributed by atoms with E-state index in [4.69, 9.17) is 14.2 Å². The van der Waals surface area contributed by atoms with Crippen molar-refractivity contribution in [2.24, 2.45) is 11.8 Å². The summed E-state index contributed by atoms with van der Waals surface area (Å²) >= 11 is 0. The van der Waals surface area contributed by atoms with Gasteiger partial charge in [-0.05, 0) is 37.8 Å². The zero-order valence-corrected chi connectivity index (χ0v) is 20.8. The van der Waals surface area contributed by atoms with Gasteiger partial charge in [-0.2, -0.15) is 0 Å². The van der Waals surface area contributed by atoms with Gasteiger partial charge in [-0.15, -0.1) is 0 Å². The standard InChI is InChI=1S/C25H37N3O6/c1-16-12-28(24(30)10-18-6-7-18)17(2)14-34-21-11-19(26-23(29)15-32-4)8-9-20(21)25(31)27(3)13-22(16)33-5/h8-9,11,16-18,22H,6-7,10,12-15H2,1-5H3,(H,26,29)/t16-,17+,22-/m1/s1. The van der Waals surface area contributed by atoms with Crippen molar-refractivity contribution < 1.29 is 28.6 Å². The van der Waals surface area contributed by atoms with Crippen LogP contribution >= 0.6 is 0 Å². The van der Waals surface area contributed by atoms with E-state index in [-0.39, 0.29) is 49.0 Å². The molecule has 9 nitrogen and oxygen atoms in total. The molecule has 0 aromatic heterocycles. The van der Waals surface area contributed by atoms with E-state index in [0.29, 0.717) is 42.4 Å². The van der Waals surface area contributed by atoms with Crippen LogP contribution in [-0.2, 0) is 19.1 Å². The van der Waals surface area contributed by atoms with Gasteiger partial charge in [0.2, 0.25) is 11.8 Å². The van der Waals surface area contributed by atoms with Gasteiger partial charge < -0.3 is 29.3 Å². The predicted molar refractivity (Wildman–Crippen MR) is 128 cm³/mol. The second-order valence-corrected chi connectivity index (χ2v) is 9.48. The Morgan fingerprint density at radius 1 is 1.18 bits per heavy atom. The first-order chi connectivity index (χ1) is 16.2. The Kier molecular flexibility index (Phi) is 8.90. The van der Waals surface area contributed by atoms with Crippen LogP contribution in [0.4, 0.5) is 5.69 Å². The van der Waals surface area contributed by atoms with E-state index in [2.05, 4.69) is 5.32 Å². The molecule has 34 heavy (non-hydrogen) atoms. The molecule has 3 atom stereocenters. The summed E-state index contributed by atoms with van der Waals surface area (Å²) in [6.45, 7) is 5.05. The van der Waals surface area contributed by atoms with Gasteiger partial charge in [-0.25, -0.2) is 0 Å². The zero-order valence-electron chi connectivity index (χ0n) is 20.8. The fourth-order valence-electron chi connectivity index (χ4n) is 4.21. The molecule has 1 aliphatic heterocycles. The fourth-order valence-corrected chi connectivity index (χ4v) is 4.21. The molecule has 0 bridgehead atoms. The molecule has 188 valence electrons. The summed E-state index contributed by atoms with van der Waals surface area (Å²) in [6, 6.07) is 4.75. The minimum absolute atomic E-state index is 0.0307. The first kappa shape index (κ1) is 26.0. The van der Waals surface area contributed by atoms with Crippen molar-refractivity contribution in [1.82, 2.24) is 9.80 Å². The van der Waals surface area contributed by atoms with Gasteiger partial charge in [0.25, 0.3) is 5.91 Å². The normalized spacial score (nSPS) is 23.9. The topological polar surface area (TPSA) is 97.4 Å². The second kappa shape index (κ2) is 11.7. The monoisotopic (exact) mass is 475 g/mol. The number of benzene rings is 1. The summed E-state index contributed by atoms with van der Waals surface area (Å²) in [5.41, 5.74) is 0.888. The molecule has 0 spiro atoms. The number of ether oxygens (including phenoxy) is 3. The van der Waals surface area contributed by atoms with Crippen LogP contribution in [0.25, 0.3) is 0 Å². The first-order valence-corrected chi connectivity index (χ1v) is 11.9. The molecule has 0 saturated heterocycles. The van der Waals surface area contributed by atoms with E-state index in [1.165, 1.54) is 7.11 Å². The third-order valence-corrected chi connectivity index (χ3v) is 6.49. The van der Waals surface area contributed by atoms with Crippen LogP contribution in [0.2, 0.25) is 0 Å². The summed E-state index contributed by atoms with van der Waals surface area (Å²) in [7, 11) is 4.81. The average Bonchev–Trinajstić information content (AvgIpc) is 3.62. The van der Waals surface area contributed by atoms with E-state index in [9.17, 15) is 14.4 Å². The van der Waals surface area contributed by atoms with Crippen molar-refractivity contribution in [3.63, 3.8) is 0 Å². The molecule has 1 heterocycles. The number of fused-ring (bicyclic) bond motifs is 1. The summed E-state index contributed by atoms with van der Waals surface area (Å²) in [4.78, 5) is 41.8. The molecular formula is C25H37N3O6. The highest BCUT2D eigenvalue weighted by atomic mass is 16.5. The summed E-state index contributed by atoms with van der Waals surface area (Å²) in [6.07, 6.45) is 2.55. The maximum atomic E-state index is 13.3. The number of hydrogen-bond donors (Lipinski definition) is 1. The molecule has 3 amide bonds. The van der Waals surface area contributed by atoms with Crippen molar-refractivity contribution in [2.45, 2.75) is 45.3 Å². The Balaban J connectivity index is 1.91. The van der Waals surface area contributed by atoms with Crippen LogP contribution in [0, 0.1) is 11.8 Å². The van der Waals surface area contributed by atoms with Gasteiger partial charge in [0.1, 0.15) is 19.0 Å². The van der Waals surface area contributed by atoms with Gasteiger partial charge >= 0.3 is 0 Å². The number of rotatable bonds is 6. The summed E-state index contributed by atoms with van der Waals surface area (Å²) in [5, 5.41) is 2.74. The molecule has 1 fully saturated rings. The van der Waals surface area contributed by atoms with Crippen LogP contribution in [0.1, 0.15) is 43.5 Å². The largest absolute Gasteiger partial charge is 0.491 e. The van der Waals surface area contributed by atoms with Crippen molar-refractivity contribution in [2.75, 3.05) is 52.9 Å². The Morgan fingerprint density at radius 2 is 1.91 bits per heavy atom. The van der Waals surface area contributed by atoms with Crippen molar-refractivity contribution >= 4 is 23.4 Å². The quantitative estimate of drug-likeness (QED) is 0.679.